The van der Waals surface area contributed by atoms with E-state index in [4.69, 9.17) is 10.8 Å². The maximum atomic E-state index is 10.8. The lowest BCUT2D eigenvalue weighted by Crippen LogP contribution is -2.01. The van der Waals surface area contributed by atoms with Gasteiger partial charge >= 0.3 is 5.97 Å². The van der Waals surface area contributed by atoms with Crippen molar-refractivity contribution in [3.63, 3.8) is 0 Å². The summed E-state index contributed by atoms with van der Waals surface area (Å²) in [4.78, 5) is 20.8. The molecule has 0 unspecified atom stereocenters. The highest BCUT2D eigenvalue weighted by atomic mass is 16.4. The normalized spacial score (nSPS) is 8.80. The summed E-state index contributed by atoms with van der Waals surface area (Å²) in [5, 5.41) is 8.85. The topological polar surface area (TPSA) is 80.4 Å². The van der Waals surface area contributed by atoms with Gasteiger partial charge in [0.25, 0.3) is 0 Å². The lowest BCUT2D eigenvalue weighted by atomic mass is 10.1. The Balaban J connectivity index is 3.13. The van der Waals surface area contributed by atoms with Gasteiger partial charge in [0.15, 0.2) is 0 Å². The van der Waals surface area contributed by atoms with Crippen molar-refractivity contribution in [2.45, 2.75) is 6.42 Å². The number of carbonyl (C=O) groups excluding carboxylic acids is 1. The van der Waals surface area contributed by atoms with Crippen LogP contribution in [-0.2, 0) is 4.79 Å². The molecule has 1 aromatic rings. The van der Waals surface area contributed by atoms with Crippen LogP contribution in [0, 0.1) is 11.8 Å². The van der Waals surface area contributed by atoms with Crippen LogP contribution in [0.25, 0.3) is 0 Å². The van der Waals surface area contributed by atoms with Crippen molar-refractivity contribution in [3.05, 3.63) is 29.3 Å². The van der Waals surface area contributed by atoms with Gasteiger partial charge in [0.05, 0.1) is 12.0 Å². The number of hydrogen-bond acceptors (Lipinski definition) is 3. The van der Waals surface area contributed by atoms with Gasteiger partial charge in [0.1, 0.15) is 6.29 Å². The summed E-state index contributed by atoms with van der Waals surface area (Å²) >= 11 is 0. The quantitative estimate of drug-likeness (QED) is 0.425. The molecule has 15 heavy (non-hydrogen) atoms. The highest BCUT2D eigenvalue weighted by Crippen LogP contribution is 2.12. The molecule has 0 aromatic heterocycles. The SMILES string of the molecule is Nc1ccc(C#CCC=O)c(C(=O)O)c1. The number of nitrogens with two attached hydrogens (primary N) is 1. The molecule has 0 fully saturated rings. The van der Waals surface area contributed by atoms with Crippen molar-refractivity contribution < 1.29 is 14.7 Å². The van der Waals surface area contributed by atoms with Gasteiger partial charge in [0.2, 0.25) is 0 Å². The first-order chi connectivity index (χ1) is 7.15. The minimum atomic E-state index is -1.09. The number of nitrogen functional groups attached to an aromatic ring is 1. The van der Waals surface area contributed by atoms with Crippen molar-refractivity contribution in [2.75, 3.05) is 5.73 Å². The minimum Gasteiger partial charge on any atom is -0.478 e. The van der Waals surface area contributed by atoms with Crippen LogP contribution in [-0.4, -0.2) is 17.4 Å². The second-order valence-electron chi connectivity index (χ2n) is 2.78. The van der Waals surface area contributed by atoms with Crippen molar-refractivity contribution >= 4 is 17.9 Å². The van der Waals surface area contributed by atoms with E-state index in [1.165, 1.54) is 12.1 Å². The van der Waals surface area contributed by atoms with Crippen LogP contribution in [0.1, 0.15) is 22.3 Å². The molecule has 0 heterocycles. The summed E-state index contributed by atoms with van der Waals surface area (Å²) in [5.74, 6) is 4.06. The van der Waals surface area contributed by atoms with Gasteiger partial charge in [-0.2, -0.15) is 0 Å². The van der Waals surface area contributed by atoms with Crippen LogP contribution < -0.4 is 5.73 Å². The fraction of sp³-hybridized carbons (Fsp3) is 0.0909. The number of anilines is 1. The first-order valence-corrected chi connectivity index (χ1v) is 4.20. The van der Waals surface area contributed by atoms with E-state index in [0.29, 0.717) is 17.5 Å². The lowest BCUT2D eigenvalue weighted by Gasteiger charge is -2.00. The second kappa shape index (κ2) is 4.82. The fourth-order valence-corrected chi connectivity index (χ4v) is 1.04. The van der Waals surface area contributed by atoms with E-state index >= 15 is 0 Å². The van der Waals surface area contributed by atoms with E-state index in [1.807, 2.05) is 0 Å². The lowest BCUT2D eigenvalue weighted by molar-refractivity contribution is -0.107. The molecule has 1 aromatic carbocycles. The van der Waals surface area contributed by atoms with Crippen molar-refractivity contribution in [1.82, 2.24) is 0 Å². The van der Waals surface area contributed by atoms with Crippen LogP contribution in [0.4, 0.5) is 5.69 Å². The summed E-state index contributed by atoms with van der Waals surface area (Å²) in [6.07, 6.45) is 0.744. The average molecular weight is 203 g/mol. The molecule has 0 spiro atoms. The summed E-state index contributed by atoms with van der Waals surface area (Å²) in [5.41, 5.74) is 6.23. The zero-order chi connectivity index (χ0) is 11.3. The number of benzene rings is 1. The Morgan fingerprint density at radius 2 is 2.27 bits per heavy atom. The number of carboxylic acids is 1. The molecule has 76 valence electrons. The van der Waals surface area contributed by atoms with Gasteiger partial charge in [-0.3, -0.25) is 0 Å². The van der Waals surface area contributed by atoms with E-state index in [-0.39, 0.29) is 12.0 Å². The summed E-state index contributed by atoms with van der Waals surface area (Å²) < 4.78 is 0. The van der Waals surface area contributed by atoms with Crippen LogP contribution in [0.15, 0.2) is 18.2 Å². The molecule has 0 atom stereocenters. The van der Waals surface area contributed by atoms with Crippen LogP contribution in [0.5, 0.6) is 0 Å². The first-order valence-electron chi connectivity index (χ1n) is 4.20. The Hall–Kier alpha value is -2.28. The first kappa shape index (κ1) is 10.8. The molecule has 0 aliphatic carbocycles. The standard InChI is InChI=1S/C11H9NO3/c12-9-5-4-8(3-1-2-6-13)10(7-9)11(14)15/h4-7H,2,12H2,(H,14,15). The Morgan fingerprint density at radius 3 is 2.87 bits per heavy atom. The third kappa shape index (κ3) is 2.85. The maximum absolute atomic E-state index is 10.8. The maximum Gasteiger partial charge on any atom is 0.337 e. The van der Waals surface area contributed by atoms with Crippen molar-refractivity contribution in [1.29, 1.82) is 0 Å². The largest absolute Gasteiger partial charge is 0.478 e. The van der Waals surface area contributed by atoms with E-state index in [2.05, 4.69) is 11.8 Å². The molecule has 3 N–H and O–H groups in total. The number of aldehydes is 1. The molecule has 4 heteroatoms. The second-order valence-corrected chi connectivity index (χ2v) is 2.78. The molecular weight excluding hydrogens is 194 g/mol. The third-order valence-electron chi connectivity index (χ3n) is 1.68. The number of aromatic carboxylic acids is 1. The van der Waals surface area contributed by atoms with E-state index in [9.17, 15) is 9.59 Å². The number of hydrogen-bond donors (Lipinski definition) is 2. The van der Waals surface area contributed by atoms with Gasteiger partial charge in [0, 0.05) is 11.3 Å². The van der Waals surface area contributed by atoms with E-state index in [1.54, 1.807) is 6.07 Å². The predicted molar refractivity (Wildman–Crippen MR) is 55.4 cm³/mol. The molecule has 0 aliphatic rings. The molecular formula is C11H9NO3. The van der Waals surface area contributed by atoms with Crippen LogP contribution >= 0.6 is 0 Å². The molecule has 1 rings (SSSR count). The van der Waals surface area contributed by atoms with Crippen LogP contribution in [0.2, 0.25) is 0 Å². The van der Waals surface area contributed by atoms with Gasteiger partial charge < -0.3 is 15.6 Å². The predicted octanol–water partition coefficient (Wildman–Crippen LogP) is 0.907. The average Bonchev–Trinajstić information content (AvgIpc) is 2.20. The Morgan fingerprint density at radius 1 is 1.53 bits per heavy atom. The number of carboxylic acid groups (broad SMARTS) is 1. The molecule has 0 saturated heterocycles. The minimum absolute atomic E-state index is 0.0494. The molecule has 0 bridgehead atoms. The zero-order valence-electron chi connectivity index (χ0n) is 7.86. The fourth-order valence-electron chi connectivity index (χ4n) is 1.04. The van der Waals surface area contributed by atoms with Gasteiger partial charge in [-0.25, -0.2) is 4.79 Å². The molecule has 0 saturated carbocycles. The molecule has 0 radical (unpaired) electrons. The van der Waals surface area contributed by atoms with Gasteiger partial charge in [-0.1, -0.05) is 11.8 Å². The molecule has 0 aliphatic heterocycles. The third-order valence-corrected chi connectivity index (χ3v) is 1.68. The summed E-state index contributed by atoms with van der Waals surface area (Å²) in [6, 6.07) is 4.43. The van der Waals surface area contributed by atoms with Crippen molar-refractivity contribution in [2.24, 2.45) is 0 Å². The molecule has 4 nitrogen and oxygen atoms in total. The summed E-state index contributed by atoms with van der Waals surface area (Å²) in [6.45, 7) is 0. The summed E-state index contributed by atoms with van der Waals surface area (Å²) in [7, 11) is 0. The van der Waals surface area contributed by atoms with Crippen molar-refractivity contribution in [3.8, 4) is 11.8 Å². The number of rotatable bonds is 2. The highest BCUT2D eigenvalue weighted by molar-refractivity contribution is 5.91. The molecule has 0 amide bonds. The van der Waals surface area contributed by atoms with E-state index in [0.717, 1.165) is 0 Å². The Labute approximate surface area is 86.7 Å². The Bertz CT molecular complexity index is 455. The Kier molecular flexibility index (Phi) is 3.47. The van der Waals surface area contributed by atoms with E-state index < -0.39 is 5.97 Å². The zero-order valence-corrected chi connectivity index (χ0v) is 7.86. The van der Waals surface area contributed by atoms with Gasteiger partial charge in [-0.15, -0.1) is 0 Å². The highest BCUT2D eigenvalue weighted by Gasteiger charge is 2.08. The smallest absolute Gasteiger partial charge is 0.337 e. The number of carbonyl (C=O) groups is 2. The monoisotopic (exact) mass is 203 g/mol. The van der Waals surface area contributed by atoms with Gasteiger partial charge in [-0.05, 0) is 18.2 Å². The van der Waals surface area contributed by atoms with Crippen LogP contribution in [0.3, 0.4) is 0 Å².